The molecule has 8 heteroatoms. The number of amides is 1. The van der Waals surface area contributed by atoms with E-state index in [1.165, 1.54) is 21.7 Å². The SMILES string of the molecule is Cc1ccccc1CSCCNC(=O)c1ccc(CN2CCN(S(C)(=O)=O)CC2)cc1. The molecular formula is C23H31N3O3S2. The minimum atomic E-state index is -3.10. The minimum absolute atomic E-state index is 0.0511. The van der Waals surface area contributed by atoms with Crippen molar-refractivity contribution >= 4 is 27.7 Å². The molecule has 1 saturated heterocycles. The lowest BCUT2D eigenvalue weighted by Crippen LogP contribution is -2.47. The summed E-state index contributed by atoms with van der Waals surface area (Å²) in [6.07, 6.45) is 1.26. The van der Waals surface area contributed by atoms with Crippen LogP contribution in [0.3, 0.4) is 0 Å². The smallest absolute Gasteiger partial charge is 0.251 e. The van der Waals surface area contributed by atoms with Crippen LogP contribution in [0.5, 0.6) is 0 Å². The Kier molecular flexibility index (Phi) is 8.54. The van der Waals surface area contributed by atoms with E-state index in [1.807, 2.05) is 42.1 Å². The van der Waals surface area contributed by atoms with Gasteiger partial charge in [0.25, 0.3) is 5.91 Å². The Morgan fingerprint density at radius 3 is 2.35 bits per heavy atom. The van der Waals surface area contributed by atoms with Gasteiger partial charge >= 0.3 is 0 Å². The van der Waals surface area contributed by atoms with E-state index < -0.39 is 10.0 Å². The van der Waals surface area contributed by atoms with Gasteiger partial charge in [-0.15, -0.1) is 0 Å². The number of rotatable bonds is 9. The number of aryl methyl sites for hydroxylation is 1. The number of carbonyl (C=O) groups is 1. The summed E-state index contributed by atoms with van der Waals surface area (Å²) in [6, 6.07) is 16.0. The van der Waals surface area contributed by atoms with E-state index in [0.717, 1.165) is 36.7 Å². The molecule has 1 amide bonds. The van der Waals surface area contributed by atoms with E-state index in [0.29, 0.717) is 25.2 Å². The Labute approximate surface area is 190 Å². The maximum atomic E-state index is 12.4. The third kappa shape index (κ3) is 7.35. The minimum Gasteiger partial charge on any atom is -0.351 e. The van der Waals surface area contributed by atoms with Crippen molar-refractivity contribution < 1.29 is 13.2 Å². The molecule has 1 fully saturated rings. The lowest BCUT2D eigenvalue weighted by atomic mass is 10.1. The highest BCUT2D eigenvalue weighted by atomic mass is 32.2. The number of sulfonamides is 1. The Morgan fingerprint density at radius 1 is 1.03 bits per heavy atom. The van der Waals surface area contributed by atoms with Crippen LogP contribution >= 0.6 is 11.8 Å². The molecule has 0 aliphatic carbocycles. The maximum Gasteiger partial charge on any atom is 0.251 e. The van der Waals surface area contributed by atoms with Crippen LogP contribution in [0.25, 0.3) is 0 Å². The van der Waals surface area contributed by atoms with Gasteiger partial charge in [0.15, 0.2) is 0 Å². The number of carbonyl (C=O) groups excluding carboxylic acids is 1. The summed E-state index contributed by atoms with van der Waals surface area (Å²) in [5, 5.41) is 2.99. The van der Waals surface area contributed by atoms with E-state index >= 15 is 0 Å². The highest BCUT2D eigenvalue weighted by Crippen LogP contribution is 2.15. The van der Waals surface area contributed by atoms with Crippen molar-refractivity contribution in [3.63, 3.8) is 0 Å². The molecule has 1 heterocycles. The van der Waals surface area contributed by atoms with Crippen molar-refractivity contribution in [1.29, 1.82) is 0 Å². The number of nitrogens with one attached hydrogen (secondary N) is 1. The molecular weight excluding hydrogens is 430 g/mol. The lowest BCUT2D eigenvalue weighted by Gasteiger charge is -2.33. The zero-order chi connectivity index (χ0) is 22.3. The second kappa shape index (κ2) is 11.1. The average molecular weight is 462 g/mol. The standard InChI is InChI=1S/C23H31N3O3S2/c1-19-5-3-4-6-22(19)18-30-16-11-24-23(27)21-9-7-20(8-10-21)17-25-12-14-26(15-13-25)31(2,28)29/h3-10H,11-18H2,1-2H3,(H,24,27). The van der Waals surface area contributed by atoms with Gasteiger partial charge in [0, 0.05) is 56.3 Å². The van der Waals surface area contributed by atoms with Crippen LogP contribution in [-0.2, 0) is 22.3 Å². The number of hydrogen-bond acceptors (Lipinski definition) is 5. The number of benzene rings is 2. The van der Waals surface area contributed by atoms with Crippen molar-refractivity contribution in [1.82, 2.24) is 14.5 Å². The molecule has 1 aliphatic rings. The molecule has 2 aromatic carbocycles. The van der Waals surface area contributed by atoms with Crippen molar-refractivity contribution in [3.8, 4) is 0 Å². The van der Waals surface area contributed by atoms with Crippen LogP contribution in [0.4, 0.5) is 0 Å². The van der Waals surface area contributed by atoms with Crippen molar-refractivity contribution in [2.75, 3.05) is 44.7 Å². The topological polar surface area (TPSA) is 69.7 Å². The summed E-state index contributed by atoms with van der Waals surface area (Å²) < 4.78 is 24.7. The fraction of sp³-hybridized carbons (Fsp3) is 0.435. The third-order valence-corrected chi connectivity index (χ3v) is 7.78. The zero-order valence-corrected chi connectivity index (χ0v) is 19.8. The molecule has 1 aliphatic heterocycles. The quantitative estimate of drug-likeness (QED) is 0.582. The molecule has 0 saturated carbocycles. The number of thioether (sulfide) groups is 1. The number of piperazine rings is 1. The fourth-order valence-corrected chi connectivity index (χ4v) is 5.29. The first-order valence-electron chi connectivity index (χ1n) is 10.5. The van der Waals surface area contributed by atoms with E-state index in [2.05, 4.69) is 35.3 Å². The van der Waals surface area contributed by atoms with Gasteiger partial charge in [-0.25, -0.2) is 8.42 Å². The highest BCUT2D eigenvalue weighted by molar-refractivity contribution is 7.98. The van der Waals surface area contributed by atoms with Gasteiger partial charge < -0.3 is 5.32 Å². The Hall–Kier alpha value is -1.87. The van der Waals surface area contributed by atoms with Crippen LogP contribution in [0, 0.1) is 6.92 Å². The maximum absolute atomic E-state index is 12.4. The van der Waals surface area contributed by atoms with Gasteiger partial charge in [0.2, 0.25) is 10.0 Å². The lowest BCUT2D eigenvalue weighted by molar-refractivity contribution is 0.0956. The molecule has 31 heavy (non-hydrogen) atoms. The summed E-state index contributed by atoms with van der Waals surface area (Å²) >= 11 is 1.82. The Morgan fingerprint density at radius 2 is 1.71 bits per heavy atom. The van der Waals surface area contributed by atoms with Gasteiger partial charge in [-0.05, 0) is 35.7 Å². The predicted molar refractivity (Wildman–Crippen MR) is 128 cm³/mol. The average Bonchev–Trinajstić information content (AvgIpc) is 2.75. The van der Waals surface area contributed by atoms with Crippen molar-refractivity contribution in [2.45, 2.75) is 19.2 Å². The van der Waals surface area contributed by atoms with Crippen molar-refractivity contribution in [2.24, 2.45) is 0 Å². The molecule has 2 aromatic rings. The molecule has 168 valence electrons. The molecule has 0 unspecified atom stereocenters. The summed E-state index contributed by atoms with van der Waals surface area (Å²) in [5.74, 6) is 1.78. The van der Waals surface area contributed by atoms with E-state index in [1.54, 1.807) is 0 Å². The second-order valence-corrected chi connectivity index (χ2v) is 11.0. The molecule has 0 spiro atoms. The first-order chi connectivity index (χ1) is 14.8. The van der Waals surface area contributed by atoms with Crippen molar-refractivity contribution in [3.05, 3.63) is 70.8 Å². The monoisotopic (exact) mass is 461 g/mol. The summed E-state index contributed by atoms with van der Waals surface area (Å²) in [4.78, 5) is 14.6. The van der Waals surface area contributed by atoms with Gasteiger partial charge in [0.1, 0.15) is 0 Å². The Bertz CT molecular complexity index is 970. The molecule has 0 bridgehead atoms. The zero-order valence-electron chi connectivity index (χ0n) is 18.2. The van der Waals surface area contributed by atoms with E-state index in [4.69, 9.17) is 0 Å². The number of nitrogens with zero attached hydrogens (tertiary/aromatic N) is 2. The summed E-state index contributed by atoms with van der Waals surface area (Å²) in [5.41, 5.74) is 4.43. The van der Waals surface area contributed by atoms with Gasteiger partial charge in [-0.2, -0.15) is 16.1 Å². The van der Waals surface area contributed by atoms with Crippen LogP contribution in [0.15, 0.2) is 48.5 Å². The highest BCUT2D eigenvalue weighted by Gasteiger charge is 2.23. The summed E-state index contributed by atoms with van der Waals surface area (Å²) in [6.45, 7) is 6.01. The number of hydrogen-bond donors (Lipinski definition) is 1. The largest absolute Gasteiger partial charge is 0.351 e. The normalized spacial score (nSPS) is 15.7. The van der Waals surface area contributed by atoms with Gasteiger partial charge in [-0.1, -0.05) is 36.4 Å². The van der Waals surface area contributed by atoms with Crippen LogP contribution in [0.1, 0.15) is 27.0 Å². The summed E-state index contributed by atoms with van der Waals surface area (Å²) in [7, 11) is -3.10. The van der Waals surface area contributed by atoms with Gasteiger partial charge in [0.05, 0.1) is 6.26 Å². The molecule has 0 radical (unpaired) electrons. The third-order valence-electron chi connectivity index (χ3n) is 5.47. The van der Waals surface area contributed by atoms with Crippen LogP contribution in [-0.4, -0.2) is 68.3 Å². The first kappa shape index (κ1) is 23.8. The Balaban J connectivity index is 1.37. The van der Waals surface area contributed by atoms with Crippen LogP contribution in [0.2, 0.25) is 0 Å². The first-order valence-corrected chi connectivity index (χ1v) is 13.5. The van der Waals surface area contributed by atoms with E-state index in [9.17, 15) is 13.2 Å². The molecule has 6 nitrogen and oxygen atoms in total. The fourth-order valence-electron chi connectivity index (χ4n) is 3.53. The van der Waals surface area contributed by atoms with E-state index in [-0.39, 0.29) is 5.91 Å². The predicted octanol–water partition coefficient (Wildman–Crippen LogP) is 2.74. The van der Waals surface area contributed by atoms with Crippen LogP contribution < -0.4 is 5.32 Å². The molecule has 1 N–H and O–H groups in total. The van der Waals surface area contributed by atoms with Gasteiger partial charge in [-0.3, -0.25) is 9.69 Å². The molecule has 0 aromatic heterocycles. The second-order valence-electron chi connectivity index (χ2n) is 7.87. The molecule has 0 atom stereocenters. The molecule has 3 rings (SSSR count).